The van der Waals surface area contributed by atoms with Gasteiger partial charge < -0.3 is 9.64 Å². The number of rotatable bonds is 8. The average molecular weight is 209 g/mol. The summed E-state index contributed by atoms with van der Waals surface area (Å²) >= 11 is 0. The van der Waals surface area contributed by atoms with Gasteiger partial charge in [0.05, 0.1) is 6.61 Å². The van der Waals surface area contributed by atoms with Crippen molar-refractivity contribution in [3.05, 3.63) is 0 Å². The Kier molecular flexibility index (Phi) is 10.5. The fraction of sp³-hybridized carbons (Fsp3) is 1.00. The molecule has 0 aliphatic rings. The van der Waals surface area contributed by atoms with E-state index in [4.69, 9.17) is 4.74 Å². The molecule has 2 atom stereocenters. The summed E-state index contributed by atoms with van der Waals surface area (Å²) in [6.45, 7) is 7.12. The summed E-state index contributed by atoms with van der Waals surface area (Å²) in [5.41, 5.74) is 0. The molecule has 0 fully saturated rings. The van der Waals surface area contributed by atoms with Crippen molar-refractivity contribution in [1.29, 1.82) is 0 Å². The van der Waals surface area contributed by atoms with Crippen molar-refractivity contribution in [2.45, 2.75) is 6.92 Å². The van der Waals surface area contributed by atoms with Gasteiger partial charge in [0.2, 0.25) is 0 Å². The molecule has 4 heteroatoms. The van der Waals surface area contributed by atoms with Crippen LogP contribution in [0.2, 0.25) is 0 Å². The zero-order chi connectivity index (χ0) is 9.23. The van der Waals surface area contributed by atoms with E-state index in [2.05, 4.69) is 23.4 Å². The minimum Gasteiger partial charge on any atom is -0.380 e. The predicted octanol–water partition coefficient (Wildman–Crippen LogP) is 1.08. The molecule has 0 spiro atoms. The summed E-state index contributed by atoms with van der Waals surface area (Å²) in [5.74, 6) is 0. The SMILES string of the molecule is CCOCCN(CCP)CCP. The summed E-state index contributed by atoms with van der Waals surface area (Å²) in [7, 11) is 5.52. The summed E-state index contributed by atoms with van der Waals surface area (Å²) in [5, 5.41) is 0. The number of ether oxygens (including phenoxy) is 1. The summed E-state index contributed by atoms with van der Waals surface area (Å²) in [6, 6.07) is 0. The molecule has 0 saturated heterocycles. The minimum atomic E-state index is 0.829. The molecular formula is C8H21NOP2. The standard InChI is InChI=1S/C8H21NOP2/c1-2-10-6-3-9(4-7-11)5-8-12/h2-8,11-12H2,1H3. The van der Waals surface area contributed by atoms with Gasteiger partial charge >= 0.3 is 0 Å². The highest BCUT2D eigenvalue weighted by Crippen LogP contribution is 1.94. The van der Waals surface area contributed by atoms with Crippen molar-refractivity contribution in [3.8, 4) is 0 Å². The van der Waals surface area contributed by atoms with Crippen LogP contribution in [0.15, 0.2) is 0 Å². The van der Waals surface area contributed by atoms with Gasteiger partial charge in [-0.2, -0.15) is 0 Å². The van der Waals surface area contributed by atoms with Crippen LogP contribution in [0.1, 0.15) is 6.92 Å². The van der Waals surface area contributed by atoms with Crippen molar-refractivity contribution in [3.63, 3.8) is 0 Å². The summed E-state index contributed by atoms with van der Waals surface area (Å²) in [6.07, 6.45) is 2.30. The molecule has 0 aliphatic heterocycles. The summed E-state index contributed by atoms with van der Waals surface area (Å²) < 4.78 is 5.30. The lowest BCUT2D eigenvalue weighted by Crippen LogP contribution is -2.31. The maximum Gasteiger partial charge on any atom is 0.0593 e. The van der Waals surface area contributed by atoms with Crippen LogP contribution < -0.4 is 0 Å². The van der Waals surface area contributed by atoms with Crippen LogP contribution in [0.4, 0.5) is 0 Å². The molecule has 0 amide bonds. The molecule has 0 saturated carbocycles. The molecular weight excluding hydrogens is 188 g/mol. The van der Waals surface area contributed by atoms with Gasteiger partial charge in [0.25, 0.3) is 0 Å². The van der Waals surface area contributed by atoms with E-state index in [9.17, 15) is 0 Å². The Hall–Kier alpha value is 0.780. The van der Waals surface area contributed by atoms with Gasteiger partial charge in [-0.15, -0.1) is 18.5 Å². The number of nitrogens with zero attached hydrogens (tertiary/aromatic N) is 1. The van der Waals surface area contributed by atoms with Crippen molar-refractivity contribution < 1.29 is 4.74 Å². The van der Waals surface area contributed by atoms with E-state index in [1.165, 1.54) is 0 Å². The molecule has 0 bridgehead atoms. The van der Waals surface area contributed by atoms with E-state index in [0.29, 0.717) is 0 Å². The Labute approximate surface area is 80.8 Å². The van der Waals surface area contributed by atoms with Gasteiger partial charge in [0.1, 0.15) is 0 Å². The third kappa shape index (κ3) is 7.43. The monoisotopic (exact) mass is 209 g/mol. The molecule has 0 aromatic heterocycles. The summed E-state index contributed by atoms with van der Waals surface area (Å²) in [4.78, 5) is 2.43. The van der Waals surface area contributed by atoms with Gasteiger partial charge in [-0.25, -0.2) is 0 Å². The zero-order valence-electron chi connectivity index (χ0n) is 7.96. The predicted molar refractivity (Wildman–Crippen MR) is 62.1 cm³/mol. The van der Waals surface area contributed by atoms with E-state index in [1.54, 1.807) is 0 Å². The van der Waals surface area contributed by atoms with Crippen molar-refractivity contribution in [1.82, 2.24) is 4.90 Å². The second kappa shape index (κ2) is 9.86. The molecule has 0 heterocycles. The van der Waals surface area contributed by atoms with Crippen molar-refractivity contribution in [2.75, 3.05) is 45.2 Å². The molecule has 2 nitrogen and oxygen atoms in total. The van der Waals surface area contributed by atoms with Crippen LogP contribution in [-0.2, 0) is 4.74 Å². The molecule has 0 radical (unpaired) electrons. The highest BCUT2D eigenvalue weighted by Gasteiger charge is 2.00. The van der Waals surface area contributed by atoms with Crippen LogP contribution in [0.25, 0.3) is 0 Å². The van der Waals surface area contributed by atoms with Gasteiger partial charge in [-0.1, -0.05) is 0 Å². The lowest BCUT2D eigenvalue weighted by atomic mass is 10.5. The van der Waals surface area contributed by atoms with Crippen molar-refractivity contribution in [2.24, 2.45) is 0 Å². The maximum absolute atomic E-state index is 5.30. The van der Waals surface area contributed by atoms with Crippen molar-refractivity contribution >= 4 is 18.5 Å². The first-order valence-electron chi connectivity index (χ1n) is 4.55. The van der Waals surface area contributed by atoms with Gasteiger partial charge in [-0.05, 0) is 19.2 Å². The van der Waals surface area contributed by atoms with E-state index < -0.39 is 0 Å². The second-order valence-corrected chi connectivity index (χ2v) is 3.77. The molecule has 0 aliphatic carbocycles. The largest absolute Gasteiger partial charge is 0.380 e. The molecule has 12 heavy (non-hydrogen) atoms. The third-order valence-corrected chi connectivity index (χ3v) is 2.16. The third-order valence-electron chi connectivity index (χ3n) is 1.65. The van der Waals surface area contributed by atoms with Crippen LogP contribution in [0.5, 0.6) is 0 Å². The van der Waals surface area contributed by atoms with E-state index in [1.807, 2.05) is 6.92 Å². The first-order chi connectivity index (χ1) is 5.85. The lowest BCUT2D eigenvalue weighted by Gasteiger charge is -2.20. The normalized spacial score (nSPS) is 11.0. The zero-order valence-corrected chi connectivity index (χ0v) is 10.3. The number of hydrogen-bond acceptors (Lipinski definition) is 2. The first kappa shape index (κ1) is 12.8. The van der Waals surface area contributed by atoms with Crippen LogP contribution >= 0.6 is 18.5 Å². The molecule has 0 rings (SSSR count). The fourth-order valence-electron chi connectivity index (χ4n) is 1.04. The molecule has 0 aromatic carbocycles. The van der Waals surface area contributed by atoms with E-state index in [-0.39, 0.29) is 0 Å². The maximum atomic E-state index is 5.30. The Morgan fingerprint density at radius 2 is 1.67 bits per heavy atom. The van der Waals surface area contributed by atoms with E-state index in [0.717, 1.165) is 45.2 Å². The molecule has 74 valence electrons. The van der Waals surface area contributed by atoms with Crippen LogP contribution in [0.3, 0.4) is 0 Å². The highest BCUT2D eigenvalue weighted by atomic mass is 31.0. The average Bonchev–Trinajstić information content (AvgIpc) is 2.06. The minimum absolute atomic E-state index is 0.829. The van der Waals surface area contributed by atoms with Gasteiger partial charge in [0, 0.05) is 26.2 Å². The van der Waals surface area contributed by atoms with Crippen LogP contribution in [0, 0.1) is 0 Å². The topological polar surface area (TPSA) is 12.5 Å². The Balaban J connectivity index is 3.34. The van der Waals surface area contributed by atoms with Gasteiger partial charge in [0.15, 0.2) is 0 Å². The Morgan fingerprint density at radius 1 is 1.08 bits per heavy atom. The lowest BCUT2D eigenvalue weighted by molar-refractivity contribution is 0.118. The van der Waals surface area contributed by atoms with Crippen LogP contribution in [-0.4, -0.2) is 50.1 Å². The molecule has 2 unspecified atom stereocenters. The Bertz CT molecular complexity index is 87.1. The van der Waals surface area contributed by atoms with Gasteiger partial charge in [-0.3, -0.25) is 0 Å². The molecule has 0 aromatic rings. The van der Waals surface area contributed by atoms with E-state index >= 15 is 0 Å². The molecule has 0 N–H and O–H groups in total. The fourth-order valence-corrected chi connectivity index (χ4v) is 1.77. The Morgan fingerprint density at radius 3 is 2.08 bits per heavy atom. The number of hydrogen-bond donors (Lipinski definition) is 0. The first-order valence-corrected chi connectivity index (χ1v) is 6.18. The second-order valence-electron chi connectivity index (χ2n) is 2.62. The highest BCUT2D eigenvalue weighted by molar-refractivity contribution is 7.16. The smallest absolute Gasteiger partial charge is 0.0593 e. The quantitative estimate of drug-likeness (QED) is 0.438.